The van der Waals surface area contributed by atoms with Crippen LogP contribution in [0, 0.1) is 6.92 Å². The summed E-state index contributed by atoms with van der Waals surface area (Å²) in [7, 11) is 1.81. The number of carbonyl (C=O) groups excluding carboxylic acids is 1. The number of thiophene rings is 1. The maximum atomic E-state index is 12.2. The summed E-state index contributed by atoms with van der Waals surface area (Å²) in [5, 5.41) is 4.78. The zero-order chi connectivity index (χ0) is 13.8. The van der Waals surface area contributed by atoms with Gasteiger partial charge in [0.15, 0.2) is 0 Å². The third kappa shape index (κ3) is 3.40. The molecule has 2 aromatic heterocycles. The van der Waals surface area contributed by atoms with Gasteiger partial charge in [0.25, 0.3) is 5.91 Å². The molecule has 0 bridgehead atoms. The van der Waals surface area contributed by atoms with Gasteiger partial charge in [0.1, 0.15) is 5.69 Å². The molecule has 0 aliphatic rings. The van der Waals surface area contributed by atoms with Crippen molar-refractivity contribution in [1.29, 1.82) is 0 Å². The minimum atomic E-state index is -0.0349. The number of amides is 1. The molecule has 2 rings (SSSR count). The number of nitrogens with zero attached hydrogens (tertiary/aromatic N) is 2. The summed E-state index contributed by atoms with van der Waals surface area (Å²) in [5.74, 6) is -0.0349. The number of thiazole rings is 1. The van der Waals surface area contributed by atoms with E-state index in [2.05, 4.69) is 18.0 Å². The number of hydrogen-bond donors (Lipinski definition) is 1. The molecule has 19 heavy (non-hydrogen) atoms. The second-order valence-electron chi connectivity index (χ2n) is 4.35. The van der Waals surface area contributed by atoms with Crippen molar-refractivity contribution in [2.24, 2.45) is 5.73 Å². The number of aromatic nitrogens is 1. The average Bonchev–Trinajstić information content (AvgIpc) is 2.99. The van der Waals surface area contributed by atoms with Crippen LogP contribution in [0.15, 0.2) is 16.8 Å². The average molecular weight is 295 g/mol. The predicted octanol–water partition coefficient (Wildman–Crippen LogP) is 2.29. The molecule has 6 heteroatoms. The summed E-state index contributed by atoms with van der Waals surface area (Å²) in [6, 6.07) is 2.07. The number of carbonyl (C=O) groups is 1. The number of rotatable bonds is 5. The molecule has 0 atom stereocenters. The molecule has 0 fully saturated rings. The van der Waals surface area contributed by atoms with Crippen LogP contribution < -0.4 is 5.73 Å². The van der Waals surface area contributed by atoms with Gasteiger partial charge in [0, 0.05) is 23.7 Å². The third-order valence-corrected chi connectivity index (χ3v) is 4.74. The Morgan fingerprint density at radius 1 is 1.47 bits per heavy atom. The second kappa shape index (κ2) is 6.27. The lowest BCUT2D eigenvalue weighted by molar-refractivity contribution is 0.0781. The maximum absolute atomic E-state index is 12.2. The lowest BCUT2D eigenvalue weighted by atomic mass is 10.3. The van der Waals surface area contributed by atoms with Crippen molar-refractivity contribution in [1.82, 2.24) is 9.88 Å². The molecule has 0 radical (unpaired) electrons. The quantitative estimate of drug-likeness (QED) is 0.920. The van der Waals surface area contributed by atoms with Crippen molar-refractivity contribution in [2.45, 2.75) is 19.9 Å². The van der Waals surface area contributed by atoms with E-state index in [0.29, 0.717) is 18.8 Å². The molecule has 0 spiro atoms. The van der Waals surface area contributed by atoms with Crippen LogP contribution in [0.4, 0.5) is 0 Å². The summed E-state index contributed by atoms with van der Waals surface area (Å²) < 4.78 is 0. The fourth-order valence-corrected chi connectivity index (χ4v) is 3.44. The molecule has 0 aliphatic heterocycles. The van der Waals surface area contributed by atoms with Gasteiger partial charge in [0.05, 0.1) is 11.6 Å². The summed E-state index contributed by atoms with van der Waals surface area (Å²) in [6.45, 7) is 3.25. The van der Waals surface area contributed by atoms with Crippen LogP contribution in [0.5, 0.6) is 0 Å². The number of nitrogens with two attached hydrogens (primary N) is 1. The van der Waals surface area contributed by atoms with E-state index in [4.69, 9.17) is 5.73 Å². The fourth-order valence-electron chi connectivity index (χ4n) is 1.70. The first-order valence-corrected chi connectivity index (χ1v) is 7.80. The number of aryl methyl sites for hydroxylation is 1. The molecule has 0 aliphatic carbocycles. The van der Waals surface area contributed by atoms with Gasteiger partial charge in [-0.3, -0.25) is 4.79 Å². The molecule has 2 N–H and O–H groups in total. The Kier molecular flexibility index (Phi) is 4.68. The standard InChI is InChI=1S/C13H17N3OS2/c1-9-4-6-18-11(9)7-16(2)13(17)10-8-19-12(15-10)3-5-14/h4,6,8H,3,5,7,14H2,1-2H3. The predicted molar refractivity (Wildman–Crippen MR) is 79.7 cm³/mol. The van der Waals surface area contributed by atoms with E-state index >= 15 is 0 Å². The molecular weight excluding hydrogens is 278 g/mol. The minimum Gasteiger partial charge on any atom is -0.335 e. The highest BCUT2D eigenvalue weighted by molar-refractivity contribution is 7.10. The molecule has 0 aromatic carbocycles. The Morgan fingerprint density at radius 2 is 2.26 bits per heavy atom. The maximum Gasteiger partial charge on any atom is 0.273 e. The van der Waals surface area contributed by atoms with Crippen molar-refractivity contribution >= 4 is 28.6 Å². The highest BCUT2D eigenvalue weighted by Crippen LogP contribution is 2.19. The van der Waals surface area contributed by atoms with Crippen LogP contribution in [0.3, 0.4) is 0 Å². The molecule has 0 unspecified atom stereocenters. The fraction of sp³-hybridized carbons (Fsp3) is 0.385. The Bertz CT molecular complexity index is 562. The Balaban J connectivity index is 2.04. The van der Waals surface area contributed by atoms with Crippen LogP contribution in [0.25, 0.3) is 0 Å². The Morgan fingerprint density at radius 3 is 2.89 bits per heavy atom. The normalized spacial score (nSPS) is 10.7. The Hall–Kier alpha value is -1.24. The summed E-state index contributed by atoms with van der Waals surface area (Å²) in [4.78, 5) is 19.5. The highest BCUT2D eigenvalue weighted by Gasteiger charge is 2.16. The topological polar surface area (TPSA) is 59.2 Å². The van der Waals surface area contributed by atoms with Gasteiger partial charge in [0.2, 0.25) is 0 Å². The smallest absolute Gasteiger partial charge is 0.273 e. The molecule has 0 saturated heterocycles. The largest absolute Gasteiger partial charge is 0.335 e. The number of hydrogen-bond acceptors (Lipinski definition) is 5. The molecule has 1 amide bonds. The second-order valence-corrected chi connectivity index (χ2v) is 6.30. The van der Waals surface area contributed by atoms with E-state index in [1.807, 2.05) is 17.8 Å². The van der Waals surface area contributed by atoms with Gasteiger partial charge in [-0.1, -0.05) is 0 Å². The van der Waals surface area contributed by atoms with Crippen LogP contribution in [-0.4, -0.2) is 29.4 Å². The lowest BCUT2D eigenvalue weighted by Gasteiger charge is -2.15. The van der Waals surface area contributed by atoms with E-state index in [9.17, 15) is 4.79 Å². The van der Waals surface area contributed by atoms with E-state index in [-0.39, 0.29) is 5.91 Å². The molecule has 4 nitrogen and oxygen atoms in total. The lowest BCUT2D eigenvalue weighted by Crippen LogP contribution is -2.26. The SMILES string of the molecule is Cc1ccsc1CN(C)C(=O)c1csc(CCN)n1. The van der Waals surface area contributed by atoms with E-state index < -0.39 is 0 Å². The monoisotopic (exact) mass is 295 g/mol. The third-order valence-electron chi connectivity index (χ3n) is 2.82. The van der Waals surface area contributed by atoms with E-state index in [1.54, 1.807) is 16.2 Å². The van der Waals surface area contributed by atoms with Crippen molar-refractivity contribution in [3.05, 3.63) is 38.0 Å². The summed E-state index contributed by atoms with van der Waals surface area (Å²) in [6.07, 6.45) is 0.728. The minimum absolute atomic E-state index is 0.0349. The van der Waals surface area contributed by atoms with Crippen LogP contribution >= 0.6 is 22.7 Å². The van der Waals surface area contributed by atoms with Crippen LogP contribution in [-0.2, 0) is 13.0 Å². The van der Waals surface area contributed by atoms with Crippen molar-refractivity contribution in [3.63, 3.8) is 0 Å². The summed E-state index contributed by atoms with van der Waals surface area (Å²) in [5.41, 5.74) is 7.23. The van der Waals surface area contributed by atoms with Gasteiger partial charge >= 0.3 is 0 Å². The van der Waals surface area contributed by atoms with Crippen molar-refractivity contribution in [2.75, 3.05) is 13.6 Å². The van der Waals surface area contributed by atoms with Gasteiger partial charge < -0.3 is 10.6 Å². The molecule has 0 saturated carbocycles. The zero-order valence-corrected chi connectivity index (χ0v) is 12.7. The Labute approximate surface area is 120 Å². The van der Waals surface area contributed by atoms with Crippen molar-refractivity contribution < 1.29 is 4.79 Å². The summed E-state index contributed by atoms with van der Waals surface area (Å²) >= 11 is 3.17. The van der Waals surface area contributed by atoms with E-state index in [1.165, 1.54) is 21.8 Å². The molecule has 2 aromatic rings. The van der Waals surface area contributed by atoms with Crippen LogP contribution in [0.2, 0.25) is 0 Å². The first-order chi connectivity index (χ1) is 9.11. The van der Waals surface area contributed by atoms with E-state index in [0.717, 1.165) is 11.4 Å². The highest BCUT2D eigenvalue weighted by atomic mass is 32.1. The first-order valence-electron chi connectivity index (χ1n) is 6.04. The van der Waals surface area contributed by atoms with Gasteiger partial charge in [-0.05, 0) is 30.5 Å². The van der Waals surface area contributed by atoms with Crippen molar-refractivity contribution in [3.8, 4) is 0 Å². The molecule has 102 valence electrons. The first kappa shape index (κ1) is 14.2. The van der Waals surface area contributed by atoms with Gasteiger partial charge in [-0.15, -0.1) is 22.7 Å². The van der Waals surface area contributed by atoms with Gasteiger partial charge in [-0.25, -0.2) is 4.98 Å². The van der Waals surface area contributed by atoms with Gasteiger partial charge in [-0.2, -0.15) is 0 Å². The van der Waals surface area contributed by atoms with Crippen LogP contribution in [0.1, 0.15) is 25.9 Å². The zero-order valence-electron chi connectivity index (χ0n) is 11.0. The molecule has 2 heterocycles. The molecular formula is C13H17N3OS2.